The summed E-state index contributed by atoms with van der Waals surface area (Å²) in [6.45, 7) is 0. The highest BCUT2D eigenvalue weighted by Crippen LogP contribution is 2.31. The number of anilines is 2. The number of amides is 2. The van der Waals surface area contributed by atoms with Gasteiger partial charge in [-0.3, -0.25) is 14.4 Å². The Morgan fingerprint density at radius 3 is 2.77 bits per heavy atom. The van der Waals surface area contributed by atoms with Crippen LogP contribution in [0, 0.1) is 11.8 Å². The summed E-state index contributed by atoms with van der Waals surface area (Å²) in [5, 5.41) is 14.7. The first-order valence-electron chi connectivity index (χ1n) is 7.49. The van der Waals surface area contributed by atoms with E-state index in [0.717, 1.165) is 24.1 Å². The van der Waals surface area contributed by atoms with Crippen LogP contribution < -0.4 is 10.6 Å². The van der Waals surface area contributed by atoms with Crippen molar-refractivity contribution < 1.29 is 19.5 Å². The molecule has 1 aliphatic carbocycles. The van der Waals surface area contributed by atoms with Gasteiger partial charge in [-0.2, -0.15) is 0 Å². The van der Waals surface area contributed by atoms with Crippen LogP contribution >= 0.6 is 0 Å². The summed E-state index contributed by atoms with van der Waals surface area (Å²) in [6, 6.07) is 5.32. The molecule has 1 fully saturated rings. The number of aliphatic carboxylic acids is 1. The number of carboxylic acid groups (broad SMARTS) is 1. The minimum Gasteiger partial charge on any atom is -0.481 e. The summed E-state index contributed by atoms with van der Waals surface area (Å²) >= 11 is 0. The fourth-order valence-corrected chi connectivity index (χ4v) is 3.20. The van der Waals surface area contributed by atoms with Crippen molar-refractivity contribution in [2.24, 2.45) is 11.8 Å². The van der Waals surface area contributed by atoms with E-state index in [1.165, 1.54) is 0 Å². The molecule has 6 nitrogen and oxygen atoms in total. The molecule has 1 heterocycles. The maximum atomic E-state index is 12.3. The van der Waals surface area contributed by atoms with Gasteiger partial charge in [-0.05, 0) is 43.0 Å². The molecule has 6 heteroatoms. The lowest BCUT2D eigenvalue weighted by Gasteiger charge is -2.25. The van der Waals surface area contributed by atoms with Gasteiger partial charge in [0.25, 0.3) is 0 Å². The molecule has 1 aromatic rings. The smallest absolute Gasteiger partial charge is 0.306 e. The molecule has 2 unspecified atom stereocenters. The second-order valence-corrected chi connectivity index (χ2v) is 5.98. The Kier molecular flexibility index (Phi) is 3.83. The summed E-state index contributed by atoms with van der Waals surface area (Å²) in [4.78, 5) is 34.7. The standard InChI is InChI=1S/C16H18N2O4/c19-14-8-11-7-12(4-5-13(11)18-14)17-15(20)9-2-1-3-10(6-9)16(21)22/h4-5,7,9-10H,1-3,6,8H2,(H,17,20)(H,18,19)(H,21,22). The number of hydrogen-bond donors (Lipinski definition) is 3. The molecular weight excluding hydrogens is 284 g/mol. The van der Waals surface area contributed by atoms with Crippen LogP contribution in [0.2, 0.25) is 0 Å². The molecule has 22 heavy (non-hydrogen) atoms. The normalized spacial score (nSPS) is 23.5. The number of hydrogen-bond acceptors (Lipinski definition) is 3. The fraction of sp³-hybridized carbons (Fsp3) is 0.438. The number of rotatable bonds is 3. The summed E-state index contributed by atoms with van der Waals surface area (Å²) < 4.78 is 0. The van der Waals surface area contributed by atoms with E-state index in [1.807, 2.05) is 0 Å². The minimum atomic E-state index is -0.820. The lowest BCUT2D eigenvalue weighted by molar-refractivity contribution is -0.143. The van der Waals surface area contributed by atoms with Crippen molar-refractivity contribution in [3.8, 4) is 0 Å². The van der Waals surface area contributed by atoms with Crippen molar-refractivity contribution in [2.75, 3.05) is 10.6 Å². The molecule has 0 bridgehead atoms. The van der Waals surface area contributed by atoms with Gasteiger partial charge in [0, 0.05) is 17.3 Å². The number of carboxylic acids is 1. The van der Waals surface area contributed by atoms with Crippen molar-refractivity contribution in [1.29, 1.82) is 0 Å². The fourth-order valence-electron chi connectivity index (χ4n) is 3.20. The summed E-state index contributed by atoms with van der Waals surface area (Å²) in [7, 11) is 0. The maximum absolute atomic E-state index is 12.3. The third-order valence-electron chi connectivity index (χ3n) is 4.39. The van der Waals surface area contributed by atoms with Crippen LogP contribution in [-0.4, -0.2) is 22.9 Å². The van der Waals surface area contributed by atoms with E-state index in [4.69, 9.17) is 5.11 Å². The molecule has 116 valence electrons. The molecule has 0 spiro atoms. The quantitative estimate of drug-likeness (QED) is 0.796. The number of fused-ring (bicyclic) bond motifs is 1. The molecule has 2 atom stereocenters. The monoisotopic (exact) mass is 302 g/mol. The van der Waals surface area contributed by atoms with Gasteiger partial charge >= 0.3 is 5.97 Å². The van der Waals surface area contributed by atoms with Gasteiger partial charge in [-0.1, -0.05) is 6.42 Å². The van der Waals surface area contributed by atoms with Gasteiger partial charge in [0.2, 0.25) is 11.8 Å². The Bertz CT molecular complexity index is 641. The maximum Gasteiger partial charge on any atom is 0.306 e. The molecule has 0 aromatic heterocycles. The predicted molar refractivity (Wildman–Crippen MR) is 80.5 cm³/mol. The molecule has 1 aliphatic heterocycles. The number of carbonyl (C=O) groups excluding carboxylic acids is 2. The summed E-state index contributed by atoms with van der Waals surface area (Å²) in [5.74, 6) is -1.69. The Balaban J connectivity index is 1.66. The first-order chi connectivity index (χ1) is 10.5. The SMILES string of the molecule is O=C1Cc2cc(NC(=O)C3CCCC(C(=O)O)C3)ccc2N1. The van der Waals surface area contributed by atoms with E-state index in [-0.39, 0.29) is 17.7 Å². The first-order valence-corrected chi connectivity index (χ1v) is 7.49. The highest BCUT2D eigenvalue weighted by Gasteiger charge is 2.31. The van der Waals surface area contributed by atoms with E-state index in [0.29, 0.717) is 24.9 Å². The zero-order valence-corrected chi connectivity index (χ0v) is 12.1. The van der Waals surface area contributed by atoms with Gasteiger partial charge in [-0.25, -0.2) is 0 Å². The highest BCUT2D eigenvalue weighted by atomic mass is 16.4. The largest absolute Gasteiger partial charge is 0.481 e. The van der Waals surface area contributed by atoms with Crippen LogP contribution in [0.25, 0.3) is 0 Å². The van der Waals surface area contributed by atoms with Crippen LogP contribution in [0.4, 0.5) is 11.4 Å². The van der Waals surface area contributed by atoms with Crippen molar-refractivity contribution in [2.45, 2.75) is 32.1 Å². The van der Waals surface area contributed by atoms with Crippen LogP contribution in [-0.2, 0) is 20.8 Å². The van der Waals surface area contributed by atoms with Crippen LogP contribution in [0.15, 0.2) is 18.2 Å². The topological polar surface area (TPSA) is 95.5 Å². The first kappa shape index (κ1) is 14.6. The zero-order valence-electron chi connectivity index (χ0n) is 12.1. The third-order valence-corrected chi connectivity index (χ3v) is 4.39. The third kappa shape index (κ3) is 2.95. The minimum absolute atomic E-state index is 0.0462. The van der Waals surface area contributed by atoms with Crippen molar-refractivity contribution in [3.05, 3.63) is 23.8 Å². The van der Waals surface area contributed by atoms with Gasteiger partial charge in [0.1, 0.15) is 0 Å². The lowest BCUT2D eigenvalue weighted by Crippen LogP contribution is -2.30. The van der Waals surface area contributed by atoms with E-state index in [1.54, 1.807) is 18.2 Å². The average molecular weight is 302 g/mol. The van der Waals surface area contributed by atoms with Gasteiger partial charge in [0.05, 0.1) is 12.3 Å². The highest BCUT2D eigenvalue weighted by molar-refractivity contribution is 6.00. The van der Waals surface area contributed by atoms with Gasteiger partial charge < -0.3 is 15.7 Å². The number of nitrogens with one attached hydrogen (secondary N) is 2. The van der Waals surface area contributed by atoms with Crippen molar-refractivity contribution in [1.82, 2.24) is 0 Å². The van der Waals surface area contributed by atoms with Crippen molar-refractivity contribution >= 4 is 29.2 Å². The van der Waals surface area contributed by atoms with Crippen LogP contribution in [0.1, 0.15) is 31.2 Å². The Hall–Kier alpha value is -2.37. The van der Waals surface area contributed by atoms with E-state index < -0.39 is 11.9 Å². The molecule has 0 radical (unpaired) electrons. The Labute approximate surface area is 127 Å². The van der Waals surface area contributed by atoms with Crippen LogP contribution in [0.5, 0.6) is 0 Å². The molecule has 3 N–H and O–H groups in total. The lowest BCUT2D eigenvalue weighted by atomic mass is 9.81. The van der Waals surface area contributed by atoms with Gasteiger partial charge in [-0.15, -0.1) is 0 Å². The molecule has 2 amide bonds. The molecule has 1 aromatic carbocycles. The number of benzene rings is 1. The Morgan fingerprint density at radius 1 is 1.23 bits per heavy atom. The Morgan fingerprint density at radius 2 is 2.00 bits per heavy atom. The average Bonchev–Trinajstić information content (AvgIpc) is 2.86. The molecule has 0 saturated heterocycles. The van der Waals surface area contributed by atoms with E-state index in [2.05, 4.69) is 10.6 Å². The van der Waals surface area contributed by atoms with E-state index >= 15 is 0 Å². The molecule has 3 rings (SSSR count). The summed E-state index contributed by atoms with van der Waals surface area (Å²) in [6.07, 6.45) is 2.85. The van der Waals surface area contributed by atoms with Gasteiger partial charge in [0.15, 0.2) is 0 Å². The molecule has 2 aliphatic rings. The molecule has 1 saturated carbocycles. The van der Waals surface area contributed by atoms with Crippen LogP contribution in [0.3, 0.4) is 0 Å². The van der Waals surface area contributed by atoms with E-state index in [9.17, 15) is 14.4 Å². The predicted octanol–water partition coefficient (Wildman–Crippen LogP) is 2.01. The second-order valence-electron chi connectivity index (χ2n) is 5.98. The molecular formula is C16H18N2O4. The second kappa shape index (κ2) is 5.79. The van der Waals surface area contributed by atoms with Crippen molar-refractivity contribution in [3.63, 3.8) is 0 Å². The zero-order chi connectivity index (χ0) is 15.7. The summed E-state index contributed by atoms with van der Waals surface area (Å²) in [5.41, 5.74) is 2.30. The number of carbonyl (C=O) groups is 3.